The van der Waals surface area contributed by atoms with Crippen molar-refractivity contribution in [2.75, 3.05) is 31.1 Å². The van der Waals surface area contributed by atoms with E-state index in [2.05, 4.69) is 46.1 Å². The van der Waals surface area contributed by atoms with Gasteiger partial charge in [-0.15, -0.1) is 0 Å². The van der Waals surface area contributed by atoms with E-state index in [1.807, 2.05) is 18.7 Å². The van der Waals surface area contributed by atoms with Crippen molar-refractivity contribution in [3.8, 4) is 0 Å². The summed E-state index contributed by atoms with van der Waals surface area (Å²) in [6, 6.07) is 8.95. The molecule has 154 valence electrons. The average molecular weight is 394 g/mol. The highest BCUT2D eigenvalue weighted by molar-refractivity contribution is 5.91. The summed E-state index contributed by atoms with van der Waals surface area (Å²) in [4.78, 5) is 26.4. The van der Waals surface area contributed by atoms with Crippen molar-refractivity contribution in [2.45, 2.75) is 52.0 Å². The number of benzene rings is 1. The van der Waals surface area contributed by atoms with Crippen LogP contribution in [-0.4, -0.2) is 53.0 Å². The largest absolute Gasteiger partial charge is 0.355 e. The second kappa shape index (κ2) is 8.11. The first kappa shape index (κ1) is 19.8. The van der Waals surface area contributed by atoms with Crippen LogP contribution in [0.1, 0.15) is 58.2 Å². The van der Waals surface area contributed by atoms with Crippen LogP contribution in [0.15, 0.2) is 24.3 Å². The van der Waals surface area contributed by atoms with Gasteiger partial charge in [-0.25, -0.2) is 9.97 Å². The summed E-state index contributed by atoms with van der Waals surface area (Å²) in [5.41, 5.74) is 10.6. The van der Waals surface area contributed by atoms with Gasteiger partial charge in [0, 0.05) is 43.5 Å². The summed E-state index contributed by atoms with van der Waals surface area (Å²) in [6.45, 7) is 9.25. The Bertz CT molecular complexity index is 887. The molecule has 1 aromatic heterocycles. The lowest BCUT2D eigenvalue weighted by Crippen LogP contribution is -2.39. The molecule has 0 spiro atoms. The van der Waals surface area contributed by atoms with Crippen LogP contribution < -0.4 is 10.6 Å². The minimum atomic E-state index is -0.0554. The fourth-order valence-corrected chi connectivity index (χ4v) is 4.39. The van der Waals surface area contributed by atoms with Gasteiger partial charge in [0.2, 0.25) is 5.82 Å². The Balaban J connectivity index is 1.47. The van der Waals surface area contributed by atoms with E-state index in [1.54, 1.807) is 0 Å². The summed E-state index contributed by atoms with van der Waals surface area (Å²) in [6.07, 6.45) is 2.92. The van der Waals surface area contributed by atoms with E-state index in [0.717, 1.165) is 62.5 Å². The summed E-state index contributed by atoms with van der Waals surface area (Å²) < 4.78 is 0. The Morgan fingerprint density at radius 2 is 1.69 bits per heavy atom. The summed E-state index contributed by atoms with van der Waals surface area (Å²) in [5, 5.41) is 0. The number of nitrogens with two attached hydrogens (primary N) is 1. The van der Waals surface area contributed by atoms with Gasteiger partial charge >= 0.3 is 0 Å². The quantitative estimate of drug-likeness (QED) is 0.868. The minimum Gasteiger partial charge on any atom is -0.355 e. The number of amides is 1. The van der Waals surface area contributed by atoms with E-state index in [0.29, 0.717) is 11.7 Å². The molecular weight excluding hydrogens is 362 g/mol. The van der Waals surface area contributed by atoms with Crippen LogP contribution in [0.25, 0.3) is 0 Å². The molecule has 0 bridgehead atoms. The molecule has 2 aliphatic rings. The zero-order valence-corrected chi connectivity index (χ0v) is 17.7. The first-order valence-electron chi connectivity index (χ1n) is 10.6. The predicted molar refractivity (Wildman–Crippen MR) is 115 cm³/mol. The lowest BCUT2D eigenvalue weighted by atomic mass is 9.89. The molecule has 2 saturated heterocycles. The molecule has 2 aromatic rings. The second-order valence-corrected chi connectivity index (χ2v) is 8.55. The number of piperidine rings is 1. The van der Waals surface area contributed by atoms with Gasteiger partial charge in [0.05, 0.1) is 0 Å². The maximum Gasteiger partial charge on any atom is 0.291 e. The smallest absolute Gasteiger partial charge is 0.291 e. The lowest BCUT2D eigenvalue weighted by molar-refractivity contribution is 0.0700. The normalized spacial score (nSPS) is 20.3. The Morgan fingerprint density at radius 3 is 2.31 bits per heavy atom. The maximum absolute atomic E-state index is 13.1. The molecule has 0 unspecified atom stereocenters. The fourth-order valence-electron chi connectivity index (χ4n) is 4.39. The Labute approximate surface area is 173 Å². The summed E-state index contributed by atoms with van der Waals surface area (Å²) in [7, 11) is 0. The zero-order chi connectivity index (χ0) is 20.5. The molecule has 29 heavy (non-hydrogen) atoms. The molecule has 0 saturated carbocycles. The molecule has 6 heteroatoms. The van der Waals surface area contributed by atoms with Crippen LogP contribution >= 0.6 is 0 Å². The lowest BCUT2D eigenvalue weighted by Gasteiger charge is -2.32. The van der Waals surface area contributed by atoms with Crippen molar-refractivity contribution in [1.29, 1.82) is 0 Å². The van der Waals surface area contributed by atoms with Crippen molar-refractivity contribution in [3.63, 3.8) is 0 Å². The highest BCUT2D eigenvalue weighted by Crippen LogP contribution is 2.29. The predicted octanol–water partition coefficient (Wildman–Crippen LogP) is 2.96. The molecule has 2 aliphatic heterocycles. The van der Waals surface area contributed by atoms with E-state index in [-0.39, 0.29) is 11.9 Å². The number of nitrogens with zero attached hydrogens (tertiary/aromatic N) is 4. The standard InChI is InChI=1S/C23H31N5O/c1-15-4-6-18(7-5-15)19-8-11-27(12-9-19)23(29)21-25-17(3)16(2)22(26-21)28-13-10-20(24)14-28/h4-7,19-20H,8-14,24H2,1-3H3/t20-/m1/s1. The first-order valence-corrected chi connectivity index (χ1v) is 10.6. The van der Waals surface area contributed by atoms with Crippen molar-refractivity contribution in [3.05, 3.63) is 52.5 Å². The molecule has 1 amide bonds. The Kier molecular flexibility index (Phi) is 5.54. The molecule has 4 rings (SSSR count). The monoisotopic (exact) mass is 393 g/mol. The van der Waals surface area contributed by atoms with E-state index < -0.39 is 0 Å². The second-order valence-electron chi connectivity index (χ2n) is 8.55. The molecule has 3 heterocycles. The van der Waals surface area contributed by atoms with Crippen LogP contribution in [0, 0.1) is 20.8 Å². The molecule has 2 fully saturated rings. The zero-order valence-electron chi connectivity index (χ0n) is 17.7. The van der Waals surface area contributed by atoms with Gasteiger partial charge in [-0.3, -0.25) is 4.79 Å². The molecule has 0 aliphatic carbocycles. The van der Waals surface area contributed by atoms with E-state index >= 15 is 0 Å². The van der Waals surface area contributed by atoms with E-state index in [9.17, 15) is 4.79 Å². The maximum atomic E-state index is 13.1. The molecular formula is C23H31N5O. The van der Waals surface area contributed by atoms with Crippen molar-refractivity contribution in [1.82, 2.24) is 14.9 Å². The number of rotatable bonds is 3. The number of anilines is 1. The number of aryl methyl sites for hydroxylation is 2. The van der Waals surface area contributed by atoms with Gasteiger partial charge in [-0.2, -0.15) is 0 Å². The molecule has 6 nitrogen and oxygen atoms in total. The third-order valence-electron chi connectivity index (χ3n) is 6.41. The fraction of sp³-hybridized carbons (Fsp3) is 0.522. The van der Waals surface area contributed by atoms with Gasteiger partial charge in [0.25, 0.3) is 5.91 Å². The highest BCUT2D eigenvalue weighted by Gasteiger charge is 2.28. The van der Waals surface area contributed by atoms with Gasteiger partial charge < -0.3 is 15.5 Å². The topological polar surface area (TPSA) is 75.4 Å². The van der Waals surface area contributed by atoms with Crippen LogP contribution in [-0.2, 0) is 0 Å². The van der Waals surface area contributed by atoms with Crippen molar-refractivity contribution < 1.29 is 4.79 Å². The summed E-state index contributed by atoms with van der Waals surface area (Å²) >= 11 is 0. The number of aromatic nitrogens is 2. The van der Waals surface area contributed by atoms with Crippen molar-refractivity contribution >= 4 is 11.7 Å². The van der Waals surface area contributed by atoms with E-state index in [4.69, 9.17) is 5.73 Å². The van der Waals surface area contributed by atoms with Gasteiger partial charge in [0.1, 0.15) is 5.82 Å². The Morgan fingerprint density at radius 1 is 1.00 bits per heavy atom. The SMILES string of the molecule is Cc1ccc(C2CCN(C(=O)c3nc(C)c(C)c(N4CC[C@@H](N)C4)n3)CC2)cc1. The number of hydrogen-bond acceptors (Lipinski definition) is 5. The van der Waals surface area contributed by atoms with Crippen LogP contribution in [0.5, 0.6) is 0 Å². The highest BCUT2D eigenvalue weighted by atomic mass is 16.2. The van der Waals surface area contributed by atoms with Crippen LogP contribution in [0.3, 0.4) is 0 Å². The number of carbonyl (C=O) groups is 1. The van der Waals surface area contributed by atoms with Gasteiger partial charge in [0.15, 0.2) is 0 Å². The molecule has 1 aromatic carbocycles. The number of likely N-dealkylation sites (tertiary alicyclic amines) is 1. The average Bonchev–Trinajstić information content (AvgIpc) is 3.16. The van der Waals surface area contributed by atoms with Crippen LogP contribution in [0.2, 0.25) is 0 Å². The number of hydrogen-bond donors (Lipinski definition) is 1. The van der Waals surface area contributed by atoms with Gasteiger partial charge in [-0.1, -0.05) is 29.8 Å². The number of carbonyl (C=O) groups excluding carboxylic acids is 1. The molecule has 0 radical (unpaired) electrons. The summed E-state index contributed by atoms with van der Waals surface area (Å²) in [5.74, 6) is 1.64. The molecule has 2 N–H and O–H groups in total. The Hall–Kier alpha value is -2.47. The minimum absolute atomic E-state index is 0.0554. The third kappa shape index (κ3) is 4.13. The third-order valence-corrected chi connectivity index (χ3v) is 6.41. The van der Waals surface area contributed by atoms with Crippen LogP contribution in [0.4, 0.5) is 5.82 Å². The van der Waals surface area contributed by atoms with Crippen molar-refractivity contribution in [2.24, 2.45) is 5.73 Å². The van der Waals surface area contributed by atoms with E-state index in [1.165, 1.54) is 11.1 Å². The first-order chi connectivity index (χ1) is 13.9. The van der Waals surface area contributed by atoms with Gasteiger partial charge in [-0.05, 0) is 51.5 Å². The molecule has 1 atom stereocenters.